The molecule has 0 bridgehead atoms. The highest BCUT2D eigenvalue weighted by Crippen LogP contribution is 2.17. The molecule has 0 aliphatic rings. The molecule has 0 saturated carbocycles. The van der Waals surface area contributed by atoms with Gasteiger partial charge in [-0.3, -0.25) is 9.59 Å². The van der Waals surface area contributed by atoms with Crippen LogP contribution < -0.4 is 10.6 Å². The smallest absolute Gasteiger partial charge is 0.253 e. The van der Waals surface area contributed by atoms with E-state index in [2.05, 4.69) is 25.7 Å². The maximum Gasteiger partial charge on any atom is 0.253 e. The lowest BCUT2D eigenvalue weighted by Crippen LogP contribution is -2.37. The number of carbonyl (C=O) groups is 2. The Kier molecular flexibility index (Phi) is 6.25. The highest BCUT2D eigenvalue weighted by molar-refractivity contribution is 7.98. The van der Waals surface area contributed by atoms with Crippen molar-refractivity contribution < 1.29 is 9.59 Å². The van der Waals surface area contributed by atoms with Gasteiger partial charge in [0.1, 0.15) is 0 Å². The number of amides is 2. The predicted octanol–water partition coefficient (Wildman–Crippen LogP) is 1.44. The molecule has 0 aliphatic carbocycles. The fourth-order valence-corrected chi connectivity index (χ4v) is 3.13. The average molecular weight is 398 g/mol. The standard InChI is InChI=1S/C19H22N6O2S/c1-12-15(13(2)25-18(22-12)23-19(24-25)28-3)9-16(26)21-11-17(27)20-10-14-7-5-4-6-8-14/h4-8H,9-11H2,1-3H3,(H,20,27)(H,21,26). The van der Waals surface area contributed by atoms with Crippen molar-refractivity contribution >= 4 is 29.4 Å². The number of nitrogens with zero attached hydrogens (tertiary/aromatic N) is 4. The Morgan fingerprint density at radius 3 is 2.54 bits per heavy atom. The molecule has 0 unspecified atom stereocenters. The molecule has 3 aromatic rings. The molecule has 0 saturated heterocycles. The second-order valence-corrected chi connectivity index (χ2v) is 7.06. The van der Waals surface area contributed by atoms with E-state index < -0.39 is 0 Å². The monoisotopic (exact) mass is 398 g/mol. The van der Waals surface area contributed by atoms with E-state index in [1.165, 1.54) is 11.8 Å². The van der Waals surface area contributed by atoms with Crippen molar-refractivity contribution in [3.63, 3.8) is 0 Å². The first-order chi connectivity index (χ1) is 13.5. The first-order valence-electron chi connectivity index (χ1n) is 8.82. The van der Waals surface area contributed by atoms with E-state index in [1.54, 1.807) is 4.52 Å². The first-order valence-corrected chi connectivity index (χ1v) is 10.0. The average Bonchev–Trinajstić information content (AvgIpc) is 3.12. The largest absolute Gasteiger partial charge is 0.350 e. The van der Waals surface area contributed by atoms with Gasteiger partial charge in [-0.25, -0.2) is 9.50 Å². The number of benzene rings is 1. The minimum Gasteiger partial charge on any atom is -0.350 e. The van der Waals surface area contributed by atoms with Crippen molar-refractivity contribution in [1.82, 2.24) is 30.2 Å². The van der Waals surface area contributed by atoms with Crippen LogP contribution in [0.2, 0.25) is 0 Å². The lowest BCUT2D eigenvalue weighted by atomic mass is 10.1. The molecule has 8 nitrogen and oxygen atoms in total. The van der Waals surface area contributed by atoms with Crippen molar-refractivity contribution in [2.45, 2.75) is 32.0 Å². The number of hydrogen-bond acceptors (Lipinski definition) is 6. The normalized spacial score (nSPS) is 10.8. The number of aryl methyl sites for hydroxylation is 2. The molecular formula is C19H22N6O2S. The molecule has 0 radical (unpaired) electrons. The van der Waals surface area contributed by atoms with Crippen LogP contribution in [0.1, 0.15) is 22.5 Å². The molecule has 1 aromatic carbocycles. The van der Waals surface area contributed by atoms with E-state index >= 15 is 0 Å². The SMILES string of the molecule is CSc1nc2nc(C)c(CC(=O)NCC(=O)NCc3ccccc3)c(C)n2n1. The summed E-state index contributed by atoms with van der Waals surface area (Å²) < 4.78 is 1.65. The number of carbonyl (C=O) groups excluding carboxylic acids is 2. The molecule has 0 fully saturated rings. The van der Waals surface area contributed by atoms with Crippen LogP contribution in [-0.4, -0.2) is 44.2 Å². The maximum absolute atomic E-state index is 12.3. The molecule has 3 rings (SSSR count). The molecule has 28 heavy (non-hydrogen) atoms. The van der Waals surface area contributed by atoms with Crippen LogP contribution in [0.3, 0.4) is 0 Å². The van der Waals surface area contributed by atoms with Crippen molar-refractivity contribution in [2.24, 2.45) is 0 Å². The summed E-state index contributed by atoms with van der Waals surface area (Å²) in [5, 5.41) is 10.5. The van der Waals surface area contributed by atoms with Crippen LogP contribution in [0.15, 0.2) is 35.5 Å². The second kappa shape index (κ2) is 8.83. The Bertz CT molecular complexity index is 1000. The summed E-state index contributed by atoms with van der Waals surface area (Å²) in [6.45, 7) is 4.09. The van der Waals surface area contributed by atoms with Gasteiger partial charge in [-0.1, -0.05) is 42.1 Å². The topological polar surface area (TPSA) is 101 Å². The Morgan fingerprint density at radius 1 is 1.07 bits per heavy atom. The van der Waals surface area contributed by atoms with Crippen LogP contribution in [0.25, 0.3) is 5.78 Å². The number of fused-ring (bicyclic) bond motifs is 1. The second-order valence-electron chi connectivity index (χ2n) is 6.29. The van der Waals surface area contributed by atoms with Gasteiger partial charge in [0, 0.05) is 23.5 Å². The number of thioether (sulfide) groups is 1. The van der Waals surface area contributed by atoms with Gasteiger partial charge in [-0.05, 0) is 25.7 Å². The Labute approximate surface area is 167 Å². The van der Waals surface area contributed by atoms with E-state index in [9.17, 15) is 9.59 Å². The van der Waals surface area contributed by atoms with Crippen LogP contribution in [0, 0.1) is 13.8 Å². The van der Waals surface area contributed by atoms with E-state index in [0.29, 0.717) is 17.5 Å². The van der Waals surface area contributed by atoms with E-state index in [-0.39, 0.29) is 24.8 Å². The Balaban J connectivity index is 1.58. The fourth-order valence-electron chi connectivity index (χ4n) is 2.79. The third-order valence-electron chi connectivity index (χ3n) is 4.33. The molecule has 146 valence electrons. The Morgan fingerprint density at radius 2 is 1.82 bits per heavy atom. The van der Waals surface area contributed by atoms with E-state index in [4.69, 9.17) is 0 Å². The Hall–Kier alpha value is -2.94. The molecular weight excluding hydrogens is 376 g/mol. The van der Waals surface area contributed by atoms with Gasteiger partial charge in [0.2, 0.25) is 17.0 Å². The summed E-state index contributed by atoms with van der Waals surface area (Å²) >= 11 is 1.44. The quantitative estimate of drug-likeness (QED) is 0.584. The highest BCUT2D eigenvalue weighted by atomic mass is 32.2. The third-order valence-corrected chi connectivity index (χ3v) is 4.87. The summed E-state index contributed by atoms with van der Waals surface area (Å²) in [6, 6.07) is 9.61. The van der Waals surface area contributed by atoms with E-state index in [1.807, 2.05) is 50.4 Å². The molecule has 2 heterocycles. The van der Waals surface area contributed by atoms with E-state index in [0.717, 1.165) is 22.5 Å². The van der Waals surface area contributed by atoms with Crippen LogP contribution in [-0.2, 0) is 22.6 Å². The van der Waals surface area contributed by atoms with Crippen LogP contribution in [0.5, 0.6) is 0 Å². The van der Waals surface area contributed by atoms with Crippen molar-refractivity contribution in [3.05, 3.63) is 52.8 Å². The predicted molar refractivity (Wildman–Crippen MR) is 107 cm³/mol. The van der Waals surface area contributed by atoms with Gasteiger partial charge in [0.25, 0.3) is 5.78 Å². The molecule has 0 atom stereocenters. The highest BCUT2D eigenvalue weighted by Gasteiger charge is 2.16. The zero-order valence-corrected chi connectivity index (χ0v) is 16.8. The molecule has 9 heteroatoms. The number of nitrogens with one attached hydrogen (secondary N) is 2. The van der Waals surface area contributed by atoms with Gasteiger partial charge < -0.3 is 10.6 Å². The lowest BCUT2D eigenvalue weighted by molar-refractivity contribution is -0.125. The van der Waals surface area contributed by atoms with Crippen LogP contribution >= 0.6 is 11.8 Å². The summed E-state index contributed by atoms with van der Waals surface area (Å²) in [5.41, 5.74) is 3.34. The lowest BCUT2D eigenvalue weighted by Gasteiger charge is -2.11. The molecule has 2 amide bonds. The van der Waals surface area contributed by atoms with Gasteiger partial charge in [-0.15, -0.1) is 5.10 Å². The number of aromatic nitrogens is 4. The van der Waals surface area contributed by atoms with Gasteiger partial charge >= 0.3 is 0 Å². The first kappa shape index (κ1) is 19.8. The summed E-state index contributed by atoms with van der Waals surface area (Å²) in [7, 11) is 0. The molecule has 2 N–H and O–H groups in total. The maximum atomic E-state index is 12.3. The zero-order valence-electron chi connectivity index (χ0n) is 16.0. The van der Waals surface area contributed by atoms with Crippen LogP contribution in [0.4, 0.5) is 0 Å². The summed E-state index contributed by atoms with van der Waals surface area (Å²) in [4.78, 5) is 33.0. The van der Waals surface area contributed by atoms with Gasteiger partial charge in [-0.2, -0.15) is 4.98 Å². The van der Waals surface area contributed by atoms with Gasteiger partial charge in [0.05, 0.1) is 13.0 Å². The molecule has 0 spiro atoms. The number of hydrogen-bond donors (Lipinski definition) is 2. The zero-order chi connectivity index (χ0) is 20.1. The minimum absolute atomic E-state index is 0.0701. The molecule has 2 aromatic heterocycles. The van der Waals surface area contributed by atoms with Crippen molar-refractivity contribution in [2.75, 3.05) is 12.8 Å². The van der Waals surface area contributed by atoms with Crippen molar-refractivity contribution in [3.8, 4) is 0 Å². The third kappa shape index (κ3) is 4.66. The van der Waals surface area contributed by atoms with Crippen molar-refractivity contribution in [1.29, 1.82) is 0 Å². The van der Waals surface area contributed by atoms with Gasteiger partial charge in [0.15, 0.2) is 0 Å². The fraction of sp³-hybridized carbons (Fsp3) is 0.316. The minimum atomic E-state index is -0.243. The number of rotatable bonds is 7. The summed E-state index contributed by atoms with van der Waals surface area (Å²) in [5.74, 6) is 0.0383. The molecule has 0 aliphatic heterocycles. The summed E-state index contributed by atoms with van der Waals surface area (Å²) in [6.07, 6.45) is 2.02.